The van der Waals surface area contributed by atoms with Crippen LogP contribution in [0.15, 0.2) is 48.5 Å². The van der Waals surface area contributed by atoms with Crippen molar-refractivity contribution >= 4 is 22.6 Å². The minimum atomic E-state index is -4.66. The zero-order valence-corrected chi connectivity index (χ0v) is 13.2. The molecule has 0 radical (unpaired) electrons. The van der Waals surface area contributed by atoms with E-state index in [2.05, 4.69) is 10.3 Å². The van der Waals surface area contributed by atoms with Gasteiger partial charge in [-0.2, -0.15) is 13.2 Å². The molecule has 0 fully saturated rings. The third kappa shape index (κ3) is 3.42. The Morgan fingerprint density at radius 2 is 1.84 bits per heavy atom. The van der Waals surface area contributed by atoms with Gasteiger partial charge in [0.25, 0.3) is 0 Å². The largest absolute Gasteiger partial charge is 0.495 e. The lowest BCUT2D eigenvalue weighted by molar-refractivity contribution is -0.147. The summed E-state index contributed by atoms with van der Waals surface area (Å²) in [6.45, 7) is -0.520. The number of amides is 1. The summed E-state index contributed by atoms with van der Waals surface area (Å²) in [7, 11) is 1.44. The molecule has 25 heavy (non-hydrogen) atoms. The number of aromatic nitrogens is 2. The summed E-state index contributed by atoms with van der Waals surface area (Å²) in [6.07, 6.45) is -4.66. The molecule has 1 N–H and O–H groups in total. The number of methoxy groups -OCH3 is 1. The first-order chi connectivity index (χ1) is 11.9. The van der Waals surface area contributed by atoms with E-state index < -0.39 is 24.5 Å². The van der Waals surface area contributed by atoms with Crippen molar-refractivity contribution in [2.75, 3.05) is 12.4 Å². The van der Waals surface area contributed by atoms with Gasteiger partial charge in [-0.05, 0) is 24.3 Å². The Labute approximate surface area is 141 Å². The number of nitrogens with one attached hydrogen (secondary N) is 1. The zero-order chi connectivity index (χ0) is 18.0. The second-order valence-electron chi connectivity index (χ2n) is 5.26. The van der Waals surface area contributed by atoms with Crippen LogP contribution in [0.4, 0.5) is 18.9 Å². The number of anilines is 1. The smallest absolute Gasteiger partial charge is 0.449 e. The molecule has 8 heteroatoms. The van der Waals surface area contributed by atoms with Crippen LogP contribution >= 0.6 is 0 Å². The number of alkyl halides is 3. The van der Waals surface area contributed by atoms with Crippen LogP contribution in [-0.2, 0) is 17.5 Å². The number of para-hydroxylation sites is 4. The molecule has 0 aliphatic heterocycles. The van der Waals surface area contributed by atoms with Gasteiger partial charge in [-0.1, -0.05) is 24.3 Å². The van der Waals surface area contributed by atoms with Gasteiger partial charge >= 0.3 is 6.18 Å². The van der Waals surface area contributed by atoms with E-state index >= 15 is 0 Å². The van der Waals surface area contributed by atoms with Crippen molar-refractivity contribution in [1.29, 1.82) is 0 Å². The van der Waals surface area contributed by atoms with Crippen molar-refractivity contribution in [2.45, 2.75) is 12.7 Å². The van der Waals surface area contributed by atoms with Crippen molar-refractivity contribution < 1.29 is 22.7 Å². The first-order valence-corrected chi connectivity index (χ1v) is 7.35. The summed E-state index contributed by atoms with van der Waals surface area (Å²) in [5.74, 6) is -1.30. The highest BCUT2D eigenvalue weighted by Gasteiger charge is 2.38. The van der Waals surface area contributed by atoms with E-state index in [1.165, 1.54) is 19.2 Å². The summed E-state index contributed by atoms with van der Waals surface area (Å²) in [5.41, 5.74) is 0.804. The van der Waals surface area contributed by atoms with Gasteiger partial charge < -0.3 is 14.6 Å². The maximum absolute atomic E-state index is 13.2. The van der Waals surface area contributed by atoms with Crippen LogP contribution in [0.3, 0.4) is 0 Å². The third-order valence-corrected chi connectivity index (χ3v) is 3.59. The molecule has 0 saturated carbocycles. The molecule has 130 valence electrons. The molecule has 1 amide bonds. The quantitative estimate of drug-likeness (QED) is 0.781. The molecular formula is C17H14F3N3O2. The van der Waals surface area contributed by atoms with Gasteiger partial charge in [-0.3, -0.25) is 4.79 Å². The molecule has 2 aromatic carbocycles. The SMILES string of the molecule is COc1ccccc1NC(=O)Cn1c(C(F)(F)F)nc2ccccc21. The normalized spacial score (nSPS) is 11.5. The van der Waals surface area contributed by atoms with E-state index in [0.717, 1.165) is 4.57 Å². The van der Waals surface area contributed by atoms with Crippen molar-refractivity contribution in [3.05, 3.63) is 54.4 Å². The summed E-state index contributed by atoms with van der Waals surface area (Å²) < 4.78 is 45.7. The number of hydrogen-bond donors (Lipinski definition) is 1. The molecule has 0 spiro atoms. The number of rotatable bonds is 4. The molecule has 3 rings (SSSR count). The number of imidazole rings is 1. The Kier molecular flexibility index (Phi) is 4.35. The molecule has 3 aromatic rings. The second-order valence-corrected chi connectivity index (χ2v) is 5.26. The number of fused-ring (bicyclic) bond motifs is 1. The average molecular weight is 349 g/mol. The molecule has 1 heterocycles. The van der Waals surface area contributed by atoms with Crippen molar-refractivity contribution in [3.63, 3.8) is 0 Å². The van der Waals surface area contributed by atoms with Crippen molar-refractivity contribution in [3.8, 4) is 5.75 Å². The molecule has 0 saturated heterocycles. The average Bonchev–Trinajstić information content (AvgIpc) is 2.94. The van der Waals surface area contributed by atoms with Gasteiger partial charge in [0.05, 0.1) is 23.8 Å². The van der Waals surface area contributed by atoms with E-state index in [0.29, 0.717) is 11.4 Å². The zero-order valence-electron chi connectivity index (χ0n) is 13.2. The Morgan fingerprint density at radius 3 is 2.56 bits per heavy atom. The third-order valence-electron chi connectivity index (χ3n) is 3.59. The summed E-state index contributed by atoms with van der Waals surface area (Å²) in [4.78, 5) is 15.9. The fourth-order valence-corrected chi connectivity index (χ4v) is 2.53. The predicted octanol–water partition coefficient (Wildman–Crippen LogP) is 3.70. The van der Waals surface area contributed by atoms with Crippen LogP contribution in [-0.4, -0.2) is 22.6 Å². The number of ether oxygens (including phenoxy) is 1. The van der Waals surface area contributed by atoms with Gasteiger partial charge in [0, 0.05) is 0 Å². The summed E-state index contributed by atoms with van der Waals surface area (Å²) >= 11 is 0. The Morgan fingerprint density at radius 1 is 1.16 bits per heavy atom. The first-order valence-electron chi connectivity index (χ1n) is 7.35. The van der Waals surface area contributed by atoms with Crippen molar-refractivity contribution in [1.82, 2.24) is 9.55 Å². The number of benzene rings is 2. The molecule has 1 aromatic heterocycles. The second kappa shape index (κ2) is 6.46. The maximum Gasteiger partial charge on any atom is 0.449 e. The van der Waals surface area contributed by atoms with Gasteiger partial charge in [0.15, 0.2) is 0 Å². The predicted molar refractivity (Wildman–Crippen MR) is 86.4 cm³/mol. The van der Waals surface area contributed by atoms with Gasteiger partial charge in [0.1, 0.15) is 12.3 Å². The molecule has 0 aliphatic carbocycles. The van der Waals surface area contributed by atoms with Gasteiger partial charge in [-0.15, -0.1) is 0 Å². The standard InChI is InChI=1S/C17H14F3N3O2/c1-25-14-9-5-3-7-12(14)21-15(24)10-23-13-8-4-2-6-11(13)22-16(23)17(18,19)20/h2-9H,10H2,1H3,(H,21,24). The topological polar surface area (TPSA) is 56.1 Å². The van der Waals surface area contributed by atoms with Gasteiger partial charge in [0.2, 0.25) is 11.7 Å². The highest BCUT2D eigenvalue weighted by atomic mass is 19.4. The van der Waals surface area contributed by atoms with Crippen LogP contribution in [0, 0.1) is 0 Å². The lowest BCUT2D eigenvalue weighted by Crippen LogP contribution is -2.23. The Hall–Kier alpha value is -3.03. The lowest BCUT2D eigenvalue weighted by Gasteiger charge is -2.13. The number of halogens is 3. The number of carbonyl (C=O) groups excluding carboxylic acids is 1. The van der Waals surface area contributed by atoms with Crippen LogP contribution < -0.4 is 10.1 Å². The maximum atomic E-state index is 13.2. The van der Waals surface area contributed by atoms with E-state index in [4.69, 9.17) is 4.74 Å². The highest BCUT2D eigenvalue weighted by molar-refractivity contribution is 5.93. The molecule has 0 unspecified atom stereocenters. The molecular weight excluding hydrogens is 335 g/mol. The summed E-state index contributed by atoms with van der Waals surface area (Å²) in [6, 6.07) is 12.8. The Balaban J connectivity index is 1.93. The fourth-order valence-electron chi connectivity index (χ4n) is 2.53. The monoisotopic (exact) mass is 349 g/mol. The number of nitrogens with zero attached hydrogens (tertiary/aromatic N) is 2. The van der Waals surface area contributed by atoms with Crippen LogP contribution in [0.5, 0.6) is 5.75 Å². The van der Waals surface area contributed by atoms with Crippen LogP contribution in [0.25, 0.3) is 11.0 Å². The summed E-state index contributed by atoms with van der Waals surface area (Å²) in [5, 5.41) is 2.56. The van der Waals surface area contributed by atoms with E-state index in [9.17, 15) is 18.0 Å². The molecule has 0 aliphatic rings. The highest BCUT2D eigenvalue weighted by Crippen LogP contribution is 2.31. The Bertz CT molecular complexity index is 919. The molecule has 5 nitrogen and oxygen atoms in total. The molecule has 0 bridgehead atoms. The molecule has 0 atom stereocenters. The minimum Gasteiger partial charge on any atom is -0.495 e. The van der Waals surface area contributed by atoms with Crippen LogP contribution in [0.1, 0.15) is 5.82 Å². The number of carbonyl (C=O) groups is 1. The first kappa shape index (κ1) is 16.8. The van der Waals surface area contributed by atoms with Crippen molar-refractivity contribution in [2.24, 2.45) is 0 Å². The van der Waals surface area contributed by atoms with E-state index in [1.807, 2.05) is 0 Å². The van der Waals surface area contributed by atoms with E-state index in [-0.39, 0.29) is 11.0 Å². The van der Waals surface area contributed by atoms with Crippen LogP contribution in [0.2, 0.25) is 0 Å². The number of hydrogen-bond acceptors (Lipinski definition) is 3. The van der Waals surface area contributed by atoms with Gasteiger partial charge in [-0.25, -0.2) is 4.98 Å². The fraction of sp³-hybridized carbons (Fsp3) is 0.176. The van der Waals surface area contributed by atoms with E-state index in [1.54, 1.807) is 36.4 Å². The lowest BCUT2D eigenvalue weighted by atomic mass is 10.3. The minimum absolute atomic E-state index is 0.180.